The van der Waals surface area contributed by atoms with E-state index in [0.29, 0.717) is 0 Å². The highest BCUT2D eigenvalue weighted by atomic mass is 32.2. The summed E-state index contributed by atoms with van der Waals surface area (Å²) in [5.41, 5.74) is 0. The summed E-state index contributed by atoms with van der Waals surface area (Å²) in [6.07, 6.45) is -7.30. The second-order valence-corrected chi connectivity index (χ2v) is 4.10. The van der Waals surface area contributed by atoms with E-state index in [2.05, 4.69) is 0 Å². The molecule has 0 aliphatic rings. The molecule has 0 saturated heterocycles. The maximum Gasteiger partial charge on any atom is 0.460 e. The third-order valence-corrected chi connectivity index (χ3v) is 2.49. The lowest BCUT2D eigenvalue weighted by atomic mass is 10.0. The van der Waals surface area contributed by atoms with Crippen LogP contribution in [0.25, 0.3) is 0 Å². The highest BCUT2D eigenvalue weighted by molar-refractivity contribution is 7.73. The van der Waals surface area contributed by atoms with Crippen molar-refractivity contribution in [3.05, 3.63) is 0 Å². The van der Waals surface area contributed by atoms with Gasteiger partial charge in [-0.25, -0.2) is 8.42 Å². The first-order valence-electron chi connectivity index (χ1n) is 3.67. The zero-order valence-corrected chi connectivity index (χ0v) is 8.82. The molecule has 0 spiro atoms. The first-order chi connectivity index (χ1) is 7.94. The zero-order chi connectivity index (χ0) is 16.1. The van der Waals surface area contributed by atoms with E-state index in [1.807, 2.05) is 0 Å². The smallest absolute Gasteiger partial charge is 0.225 e. The average molecular weight is 334 g/mol. The number of alkyl halides is 11. The number of thiol groups is 1. The Morgan fingerprint density at radius 2 is 0.842 bits per heavy atom. The molecule has 0 radical (unpaired) electrons. The van der Waals surface area contributed by atoms with Gasteiger partial charge in [-0.3, -0.25) is 0 Å². The molecule has 0 unspecified atom stereocenters. The van der Waals surface area contributed by atoms with Crippen LogP contribution < -0.4 is 0 Å². The van der Waals surface area contributed by atoms with E-state index in [-0.39, 0.29) is 0 Å². The summed E-state index contributed by atoms with van der Waals surface area (Å²) in [6.45, 7) is 0. The summed E-state index contributed by atoms with van der Waals surface area (Å²) in [5.74, 6) is -22.7. The molecular weight excluding hydrogens is 333 g/mol. The standard InChI is InChI=1S/C5HF11O2S/c6-1(7,2(8,9)4(12,13)14)3(10,11)5(15,16)19(17)18/h19H. The molecule has 0 heterocycles. The van der Waals surface area contributed by atoms with E-state index >= 15 is 0 Å². The maximum atomic E-state index is 12.4. The Morgan fingerprint density at radius 1 is 0.526 bits per heavy atom. The Balaban J connectivity index is 6.06. The Bertz CT molecular complexity index is 411. The Morgan fingerprint density at radius 3 is 1.05 bits per heavy atom. The minimum Gasteiger partial charge on any atom is -0.225 e. The highest BCUT2D eigenvalue weighted by Gasteiger charge is 2.88. The third kappa shape index (κ3) is 2.33. The Kier molecular flexibility index (Phi) is 4.16. The van der Waals surface area contributed by atoms with Crippen LogP contribution in [0.3, 0.4) is 0 Å². The molecule has 0 fully saturated rings. The summed E-state index contributed by atoms with van der Waals surface area (Å²) in [4.78, 5) is 0. The van der Waals surface area contributed by atoms with Crippen molar-refractivity contribution in [2.75, 3.05) is 0 Å². The van der Waals surface area contributed by atoms with Crippen molar-refractivity contribution in [2.24, 2.45) is 0 Å². The minimum atomic E-state index is -7.68. The van der Waals surface area contributed by atoms with Crippen LogP contribution in [0.5, 0.6) is 0 Å². The normalized spacial score (nSPS) is 16.0. The monoisotopic (exact) mass is 334 g/mol. The fourth-order valence-corrected chi connectivity index (χ4v) is 1.05. The van der Waals surface area contributed by atoms with Gasteiger partial charge >= 0.3 is 29.2 Å². The molecule has 0 aromatic heterocycles. The average Bonchev–Trinajstić information content (AvgIpc) is 2.14. The van der Waals surface area contributed by atoms with Crippen molar-refractivity contribution < 1.29 is 56.7 Å². The van der Waals surface area contributed by atoms with Crippen LogP contribution in [-0.4, -0.2) is 37.6 Å². The van der Waals surface area contributed by atoms with Crippen LogP contribution in [0.15, 0.2) is 0 Å². The SMILES string of the molecule is O=[SH](=O)C(F)(F)C(F)(F)C(F)(F)C(F)(F)C(F)(F)F. The van der Waals surface area contributed by atoms with Crippen LogP contribution in [0.1, 0.15) is 0 Å². The topological polar surface area (TPSA) is 34.1 Å². The van der Waals surface area contributed by atoms with E-state index in [9.17, 15) is 56.7 Å². The first kappa shape index (κ1) is 18.2. The van der Waals surface area contributed by atoms with E-state index in [0.717, 1.165) is 0 Å². The van der Waals surface area contributed by atoms with E-state index < -0.39 is 39.9 Å². The molecular formula is C5HF11O2S. The second kappa shape index (κ2) is 4.34. The van der Waals surface area contributed by atoms with Gasteiger partial charge in [0.15, 0.2) is 0 Å². The van der Waals surface area contributed by atoms with Gasteiger partial charge in [0.05, 0.1) is 0 Å². The molecule has 2 nitrogen and oxygen atoms in total. The molecule has 0 rings (SSSR count). The van der Waals surface area contributed by atoms with E-state index in [1.54, 1.807) is 0 Å². The molecule has 19 heavy (non-hydrogen) atoms. The third-order valence-electron chi connectivity index (χ3n) is 1.75. The van der Waals surface area contributed by atoms with Crippen LogP contribution in [0, 0.1) is 0 Å². The molecule has 0 amide bonds. The highest BCUT2D eigenvalue weighted by Crippen LogP contribution is 2.57. The van der Waals surface area contributed by atoms with Gasteiger partial charge in [-0.05, 0) is 0 Å². The van der Waals surface area contributed by atoms with Gasteiger partial charge in [-0.15, -0.1) is 0 Å². The zero-order valence-electron chi connectivity index (χ0n) is 7.92. The van der Waals surface area contributed by atoms with Crippen molar-refractivity contribution in [3.8, 4) is 0 Å². The molecule has 0 N–H and O–H groups in total. The molecule has 116 valence electrons. The summed E-state index contributed by atoms with van der Waals surface area (Å²) < 4.78 is 152. The number of halogens is 11. The second-order valence-electron chi connectivity index (χ2n) is 3.02. The van der Waals surface area contributed by atoms with Gasteiger partial charge in [0, 0.05) is 0 Å². The molecule has 0 aliphatic heterocycles. The van der Waals surface area contributed by atoms with Gasteiger partial charge in [0.25, 0.3) is 0 Å². The fourth-order valence-electron chi connectivity index (χ4n) is 0.679. The van der Waals surface area contributed by atoms with Gasteiger partial charge in [-0.2, -0.15) is 48.3 Å². The largest absolute Gasteiger partial charge is 0.460 e. The molecule has 0 atom stereocenters. The van der Waals surface area contributed by atoms with Gasteiger partial charge in [-0.1, -0.05) is 0 Å². The minimum absolute atomic E-state index is 5.74. The van der Waals surface area contributed by atoms with Gasteiger partial charge < -0.3 is 0 Å². The summed E-state index contributed by atoms with van der Waals surface area (Å²) in [5, 5.41) is -6.81. The number of hydrogen-bond acceptors (Lipinski definition) is 2. The lowest BCUT2D eigenvalue weighted by Crippen LogP contribution is -2.66. The predicted octanol–water partition coefficient (Wildman–Crippen LogP) is 2.66. The van der Waals surface area contributed by atoms with Crippen LogP contribution in [0.4, 0.5) is 48.3 Å². The fraction of sp³-hybridized carbons (Fsp3) is 1.00. The van der Waals surface area contributed by atoms with Gasteiger partial charge in [0.2, 0.25) is 10.7 Å². The van der Waals surface area contributed by atoms with Crippen molar-refractivity contribution in [1.29, 1.82) is 0 Å². The Labute approximate surface area is 97.7 Å². The van der Waals surface area contributed by atoms with Crippen LogP contribution in [-0.2, 0) is 10.7 Å². The molecule has 0 aliphatic carbocycles. The summed E-state index contributed by atoms with van der Waals surface area (Å²) >= 11 is 0. The lowest BCUT2D eigenvalue weighted by Gasteiger charge is -2.35. The van der Waals surface area contributed by atoms with Crippen LogP contribution in [0.2, 0.25) is 0 Å². The molecule has 0 aromatic rings. The molecule has 0 aromatic carbocycles. The predicted molar refractivity (Wildman–Crippen MR) is 36.2 cm³/mol. The number of hydrogen-bond donors (Lipinski definition) is 1. The molecule has 0 bridgehead atoms. The summed E-state index contributed by atoms with van der Waals surface area (Å²) in [6, 6.07) is 0. The van der Waals surface area contributed by atoms with Crippen molar-refractivity contribution in [1.82, 2.24) is 0 Å². The lowest BCUT2D eigenvalue weighted by molar-refractivity contribution is -0.412. The van der Waals surface area contributed by atoms with Crippen molar-refractivity contribution >= 4 is 10.7 Å². The molecule has 14 heteroatoms. The molecule has 0 saturated carbocycles. The van der Waals surface area contributed by atoms with Crippen molar-refractivity contribution in [2.45, 2.75) is 29.2 Å². The van der Waals surface area contributed by atoms with Crippen LogP contribution >= 0.6 is 0 Å². The van der Waals surface area contributed by atoms with E-state index in [1.165, 1.54) is 0 Å². The number of rotatable bonds is 4. The summed E-state index contributed by atoms with van der Waals surface area (Å²) in [7, 11) is -5.74. The maximum absolute atomic E-state index is 12.4. The van der Waals surface area contributed by atoms with Crippen molar-refractivity contribution in [3.63, 3.8) is 0 Å². The van der Waals surface area contributed by atoms with Gasteiger partial charge in [0.1, 0.15) is 0 Å². The first-order valence-corrected chi connectivity index (χ1v) is 4.85. The van der Waals surface area contributed by atoms with E-state index in [4.69, 9.17) is 0 Å². The quantitative estimate of drug-likeness (QED) is 0.634. The Hall–Kier alpha value is -0.820.